The Balaban J connectivity index is 3.00. The number of hydrogen-bond donors (Lipinski definition) is 1. The SMILES string of the molecule is CCOC(C)c1nc(C)c(Br)c(N)n1. The predicted octanol–water partition coefficient (Wildman–Crippen LogP) is 2.23. The lowest BCUT2D eigenvalue weighted by atomic mass is 10.3. The maximum atomic E-state index is 5.70. The third-order valence-electron chi connectivity index (χ3n) is 1.84. The molecule has 0 aliphatic rings. The number of anilines is 1. The highest BCUT2D eigenvalue weighted by Crippen LogP contribution is 2.22. The normalized spacial score (nSPS) is 12.9. The molecule has 1 aromatic rings. The summed E-state index contributed by atoms with van der Waals surface area (Å²) < 4.78 is 6.14. The van der Waals surface area contributed by atoms with Crippen LogP contribution in [-0.2, 0) is 4.74 Å². The largest absolute Gasteiger partial charge is 0.383 e. The molecule has 0 aromatic carbocycles. The number of aromatic nitrogens is 2. The van der Waals surface area contributed by atoms with Crippen LogP contribution in [0, 0.1) is 6.92 Å². The second-order valence-corrected chi connectivity index (χ2v) is 3.76. The summed E-state index contributed by atoms with van der Waals surface area (Å²) in [5.41, 5.74) is 6.53. The number of nitrogens with two attached hydrogens (primary N) is 1. The Morgan fingerprint density at radius 3 is 2.64 bits per heavy atom. The molecule has 78 valence electrons. The highest BCUT2D eigenvalue weighted by Gasteiger charge is 2.12. The zero-order valence-corrected chi connectivity index (χ0v) is 10.1. The Bertz CT molecular complexity index is 307. The van der Waals surface area contributed by atoms with E-state index in [9.17, 15) is 0 Å². The van der Waals surface area contributed by atoms with Gasteiger partial charge in [-0.3, -0.25) is 0 Å². The first-order valence-corrected chi connectivity index (χ1v) is 5.26. The Kier molecular flexibility index (Phi) is 3.83. The molecule has 0 saturated heterocycles. The zero-order valence-electron chi connectivity index (χ0n) is 8.54. The molecular formula is C9H14BrN3O. The van der Waals surface area contributed by atoms with Crippen LogP contribution in [0.15, 0.2) is 4.47 Å². The van der Waals surface area contributed by atoms with E-state index in [1.54, 1.807) is 0 Å². The van der Waals surface area contributed by atoms with E-state index in [4.69, 9.17) is 10.5 Å². The van der Waals surface area contributed by atoms with Crippen molar-refractivity contribution in [1.29, 1.82) is 0 Å². The van der Waals surface area contributed by atoms with Crippen LogP contribution < -0.4 is 5.73 Å². The molecule has 14 heavy (non-hydrogen) atoms. The molecular weight excluding hydrogens is 246 g/mol. The van der Waals surface area contributed by atoms with E-state index in [1.807, 2.05) is 20.8 Å². The van der Waals surface area contributed by atoms with Crippen molar-refractivity contribution < 1.29 is 4.74 Å². The van der Waals surface area contributed by atoms with Gasteiger partial charge < -0.3 is 10.5 Å². The van der Waals surface area contributed by atoms with Crippen molar-refractivity contribution in [3.05, 3.63) is 16.0 Å². The zero-order chi connectivity index (χ0) is 10.7. The molecule has 1 unspecified atom stereocenters. The van der Waals surface area contributed by atoms with Gasteiger partial charge in [-0.15, -0.1) is 0 Å². The predicted molar refractivity (Wildman–Crippen MR) is 58.9 cm³/mol. The molecule has 1 atom stereocenters. The minimum Gasteiger partial charge on any atom is -0.383 e. The summed E-state index contributed by atoms with van der Waals surface area (Å²) >= 11 is 3.31. The van der Waals surface area contributed by atoms with Crippen molar-refractivity contribution in [3.8, 4) is 0 Å². The maximum absolute atomic E-state index is 5.70. The maximum Gasteiger partial charge on any atom is 0.159 e. The molecule has 0 radical (unpaired) electrons. The number of ether oxygens (including phenoxy) is 1. The van der Waals surface area contributed by atoms with Gasteiger partial charge in [0.15, 0.2) is 5.82 Å². The summed E-state index contributed by atoms with van der Waals surface area (Å²) in [6, 6.07) is 0. The summed E-state index contributed by atoms with van der Waals surface area (Å²) in [4.78, 5) is 8.44. The smallest absolute Gasteiger partial charge is 0.159 e. The van der Waals surface area contributed by atoms with Gasteiger partial charge in [-0.1, -0.05) is 0 Å². The Morgan fingerprint density at radius 2 is 2.14 bits per heavy atom. The monoisotopic (exact) mass is 259 g/mol. The summed E-state index contributed by atoms with van der Waals surface area (Å²) in [7, 11) is 0. The number of hydrogen-bond acceptors (Lipinski definition) is 4. The second-order valence-electron chi connectivity index (χ2n) is 2.96. The van der Waals surface area contributed by atoms with Crippen LogP contribution in [0.2, 0.25) is 0 Å². The van der Waals surface area contributed by atoms with Gasteiger partial charge in [0.25, 0.3) is 0 Å². The third-order valence-corrected chi connectivity index (χ3v) is 2.82. The third kappa shape index (κ3) is 2.42. The van der Waals surface area contributed by atoms with Crippen LogP contribution in [0.5, 0.6) is 0 Å². The van der Waals surface area contributed by atoms with E-state index in [0.29, 0.717) is 18.2 Å². The van der Waals surface area contributed by atoms with E-state index in [1.165, 1.54) is 0 Å². The minimum atomic E-state index is -0.117. The number of aryl methyl sites for hydroxylation is 1. The van der Waals surface area contributed by atoms with Crippen LogP contribution in [0.1, 0.15) is 31.5 Å². The number of rotatable bonds is 3. The van der Waals surface area contributed by atoms with Gasteiger partial charge in [-0.05, 0) is 36.7 Å². The van der Waals surface area contributed by atoms with Gasteiger partial charge in [0.2, 0.25) is 0 Å². The molecule has 0 spiro atoms. The lowest BCUT2D eigenvalue weighted by molar-refractivity contribution is 0.0700. The first-order chi connectivity index (χ1) is 6.56. The second kappa shape index (κ2) is 4.70. The molecule has 4 nitrogen and oxygen atoms in total. The van der Waals surface area contributed by atoms with Crippen LogP contribution in [0.3, 0.4) is 0 Å². The molecule has 0 saturated carbocycles. The van der Waals surface area contributed by atoms with Gasteiger partial charge in [-0.25, -0.2) is 9.97 Å². The Hall–Kier alpha value is -0.680. The first kappa shape index (κ1) is 11.4. The molecule has 2 N–H and O–H groups in total. The molecule has 0 amide bonds. The molecule has 1 aromatic heterocycles. The van der Waals surface area contributed by atoms with Crippen LogP contribution in [-0.4, -0.2) is 16.6 Å². The van der Waals surface area contributed by atoms with Gasteiger partial charge in [-0.2, -0.15) is 0 Å². The number of halogens is 1. The van der Waals surface area contributed by atoms with E-state index < -0.39 is 0 Å². The minimum absolute atomic E-state index is 0.117. The molecule has 0 aliphatic carbocycles. The average molecular weight is 260 g/mol. The summed E-state index contributed by atoms with van der Waals surface area (Å²) in [6.07, 6.45) is -0.117. The van der Waals surface area contributed by atoms with Crippen molar-refractivity contribution in [2.24, 2.45) is 0 Å². The summed E-state index contributed by atoms with van der Waals surface area (Å²) in [5, 5.41) is 0. The summed E-state index contributed by atoms with van der Waals surface area (Å²) in [6.45, 7) is 6.36. The van der Waals surface area contributed by atoms with Gasteiger partial charge in [0.1, 0.15) is 11.9 Å². The first-order valence-electron chi connectivity index (χ1n) is 4.47. The highest BCUT2D eigenvalue weighted by molar-refractivity contribution is 9.10. The molecule has 0 fully saturated rings. The summed E-state index contributed by atoms with van der Waals surface area (Å²) in [5.74, 6) is 1.09. The standard InChI is InChI=1S/C9H14BrN3O/c1-4-14-6(3)9-12-5(2)7(10)8(11)13-9/h6H,4H2,1-3H3,(H2,11,12,13). The Labute approximate surface area is 92.0 Å². The average Bonchev–Trinajstić information content (AvgIpc) is 2.13. The molecule has 0 aliphatic heterocycles. The Morgan fingerprint density at radius 1 is 1.50 bits per heavy atom. The highest BCUT2D eigenvalue weighted by atomic mass is 79.9. The fourth-order valence-electron chi connectivity index (χ4n) is 1.11. The van der Waals surface area contributed by atoms with Crippen molar-refractivity contribution in [1.82, 2.24) is 9.97 Å². The number of nitrogen functional groups attached to an aromatic ring is 1. The lowest BCUT2D eigenvalue weighted by Crippen LogP contribution is -2.09. The van der Waals surface area contributed by atoms with Crippen LogP contribution in [0.25, 0.3) is 0 Å². The van der Waals surface area contributed by atoms with Gasteiger partial charge in [0, 0.05) is 6.61 Å². The van der Waals surface area contributed by atoms with Crippen LogP contribution in [0.4, 0.5) is 5.82 Å². The lowest BCUT2D eigenvalue weighted by Gasteiger charge is -2.12. The van der Waals surface area contributed by atoms with Crippen molar-refractivity contribution in [2.75, 3.05) is 12.3 Å². The van der Waals surface area contributed by atoms with E-state index in [2.05, 4.69) is 25.9 Å². The van der Waals surface area contributed by atoms with Gasteiger partial charge >= 0.3 is 0 Å². The van der Waals surface area contributed by atoms with E-state index in [-0.39, 0.29) is 6.10 Å². The molecule has 1 rings (SSSR count). The van der Waals surface area contributed by atoms with E-state index >= 15 is 0 Å². The van der Waals surface area contributed by atoms with Crippen molar-refractivity contribution in [3.63, 3.8) is 0 Å². The quantitative estimate of drug-likeness (QED) is 0.905. The molecule has 5 heteroatoms. The van der Waals surface area contributed by atoms with Crippen molar-refractivity contribution >= 4 is 21.7 Å². The van der Waals surface area contributed by atoms with Crippen molar-refractivity contribution in [2.45, 2.75) is 26.9 Å². The van der Waals surface area contributed by atoms with Crippen LogP contribution >= 0.6 is 15.9 Å². The van der Waals surface area contributed by atoms with E-state index in [0.717, 1.165) is 10.2 Å². The number of nitrogens with zero attached hydrogens (tertiary/aromatic N) is 2. The fourth-order valence-corrected chi connectivity index (χ4v) is 1.29. The molecule has 1 heterocycles. The fraction of sp³-hybridized carbons (Fsp3) is 0.556. The topological polar surface area (TPSA) is 61.0 Å². The van der Waals surface area contributed by atoms with Gasteiger partial charge in [0.05, 0.1) is 10.2 Å². The molecule has 0 bridgehead atoms.